The summed E-state index contributed by atoms with van der Waals surface area (Å²) in [6.07, 6.45) is 0. The van der Waals surface area contributed by atoms with Gasteiger partial charge in [-0.1, -0.05) is 24.3 Å². The van der Waals surface area contributed by atoms with Crippen molar-refractivity contribution < 1.29 is 0 Å². The Kier molecular flexibility index (Phi) is 3.67. The summed E-state index contributed by atoms with van der Waals surface area (Å²) in [5.41, 5.74) is 11.2. The zero-order valence-electron chi connectivity index (χ0n) is 17.3. The van der Waals surface area contributed by atoms with E-state index >= 15 is 0 Å². The summed E-state index contributed by atoms with van der Waals surface area (Å²) >= 11 is 0. The van der Waals surface area contributed by atoms with E-state index in [1.54, 1.807) is 0 Å². The number of benzene rings is 4. The number of fused-ring (bicyclic) bond motifs is 3. The zero-order chi connectivity index (χ0) is 18.9. The lowest BCUT2D eigenvalue weighted by atomic mass is 9.83. The molecule has 0 spiro atoms. The quantitative estimate of drug-likeness (QED) is 0.289. The number of rotatable bonds is 0. The first-order chi connectivity index (χ1) is 12.2. The highest BCUT2D eigenvalue weighted by atomic mass is 14.2. The van der Waals surface area contributed by atoms with Crippen molar-refractivity contribution in [2.24, 2.45) is 0 Å². The fraction of sp³-hybridized carbons (Fsp3) is 0.308. The number of hydrogen-bond acceptors (Lipinski definition) is 0. The van der Waals surface area contributed by atoms with Crippen LogP contribution in [0.3, 0.4) is 0 Å². The van der Waals surface area contributed by atoms with Crippen LogP contribution in [0, 0.1) is 55.4 Å². The Morgan fingerprint density at radius 1 is 0.346 bits per heavy atom. The van der Waals surface area contributed by atoms with Crippen molar-refractivity contribution in [3.05, 3.63) is 68.8 Å². The molecule has 4 aromatic carbocycles. The summed E-state index contributed by atoms with van der Waals surface area (Å²) in [7, 11) is 0. The van der Waals surface area contributed by atoms with Crippen LogP contribution in [0.15, 0.2) is 24.3 Å². The fourth-order valence-electron chi connectivity index (χ4n) is 4.72. The van der Waals surface area contributed by atoms with E-state index in [0.29, 0.717) is 0 Å². The van der Waals surface area contributed by atoms with Gasteiger partial charge in [-0.25, -0.2) is 0 Å². The molecule has 4 aromatic rings. The van der Waals surface area contributed by atoms with Crippen LogP contribution in [0.4, 0.5) is 0 Å². The highest BCUT2D eigenvalue weighted by Gasteiger charge is 2.17. The smallest absolute Gasteiger partial charge is 0.0107 e. The third-order valence-electron chi connectivity index (χ3n) is 6.63. The van der Waals surface area contributed by atoms with Gasteiger partial charge < -0.3 is 0 Å². The predicted octanol–water partition coefficient (Wildman–Crippen LogP) is 7.61. The van der Waals surface area contributed by atoms with Gasteiger partial charge in [0, 0.05) is 0 Å². The maximum Gasteiger partial charge on any atom is -0.0107 e. The minimum absolute atomic E-state index is 1.38. The molecular weight excluding hydrogens is 312 g/mol. The molecule has 0 bridgehead atoms. The van der Waals surface area contributed by atoms with Crippen molar-refractivity contribution >= 4 is 32.3 Å². The second kappa shape index (κ2) is 5.58. The fourth-order valence-corrected chi connectivity index (χ4v) is 4.72. The summed E-state index contributed by atoms with van der Waals surface area (Å²) in [6.45, 7) is 18.1. The van der Waals surface area contributed by atoms with Crippen molar-refractivity contribution in [2.75, 3.05) is 0 Å². The van der Waals surface area contributed by atoms with Crippen LogP contribution in [0.5, 0.6) is 0 Å². The Bertz CT molecular complexity index is 1040. The molecule has 132 valence electrons. The van der Waals surface area contributed by atoms with Crippen LogP contribution < -0.4 is 0 Å². The summed E-state index contributed by atoms with van der Waals surface area (Å²) < 4.78 is 0. The molecule has 0 saturated carbocycles. The van der Waals surface area contributed by atoms with E-state index in [2.05, 4.69) is 79.7 Å². The van der Waals surface area contributed by atoms with E-state index in [0.717, 1.165) is 0 Å². The Labute approximate surface area is 156 Å². The lowest BCUT2D eigenvalue weighted by Crippen LogP contribution is -1.97. The van der Waals surface area contributed by atoms with Gasteiger partial charge in [0.2, 0.25) is 0 Å². The Morgan fingerprint density at radius 3 is 0.731 bits per heavy atom. The molecule has 0 aliphatic rings. The van der Waals surface area contributed by atoms with Crippen LogP contribution in [-0.2, 0) is 0 Å². The van der Waals surface area contributed by atoms with Crippen LogP contribution in [-0.4, -0.2) is 0 Å². The minimum Gasteiger partial charge on any atom is -0.0509 e. The zero-order valence-corrected chi connectivity index (χ0v) is 17.3. The molecule has 0 aliphatic carbocycles. The Morgan fingerprint density at radius 2 is 0.538 bits per heavy atom. The third kappa shape index (κ3) is 2.14. The molecule has 0 atom stereocenters. The predicted molar refractivity (Wildman–Crippen MR) is 117 cm³/mol. The number of aryl methyl sites for hydroxylation is 8. The van der Waals surface area contributed by atoms with Crippen molar-refractivity contribution in [3.63, 3.8) is 0 Å². The minimum atomic E-state index is 1.38. The van der Waals surface area contributed by atoms with E-state index in [1.165, 1.54) is 76.8 Å². The van der Waals surface area contributed by atoms with E-state index in [-0.39, 0.29) is 0 Å². The van der Waals surface area contributed by atoms with Crippen molar-refractivity contribution in [3.8, 4) is 0 Å². The van der Waals surface area contributed by atoms with Gasteiger partial charge in [0.15, 0.2) is 0 Å². The van der Waals surface area contributed by atoms with Crippen LogP contribution in [0.25, 0.3) is 32.3 Å². The maximum atomic E-state index is 2.38. The second-order valence-corrected chi connectivity index (χ2v) is 8.21. The van der Waals surface area contributed by atoms with Gasteiger partial charge in [0.05, 0.1) is 0 Å². The van der Waals surface area contributed by atoms with E-state index < -0.39 is 0 Å². The van der Waals surface area contributed by atoms with Gasteiger partial charge in [0.1, 0.15) is 0 Å². The van der Waals surface area contributed by atoms with Crippen molar-refractivity contribution in [1.29, 1.82) is 0 Å². The standard InChI is InChI=1S/C26H28/c1-13-9-21-17(5)25-19(7)23-11-15(3)16(4)12-24(23)20(8)26(25)18(6)22(21)10-14(13)2/h9-12H,1-8H3. The van der Waals surface area contributed by atoms with E-state index in [4.69, 9.17) is 0 Å². The van der Waals surface area contributed by atoms with Crippen molar-refractivity contribution in [2.45, 2.75) is 55.4 Å². The molecule has 0 nitrogen and oxygen atoms in total. The third-order valence-corrected chi connectivity index (χ3v) is 6.63. The van der Waals surface area contributed by atoms with E-state index in [9.17, 15) is 0 Å². The molecule has 0 saturated heterocycles. The average molecular weight is 341 g/mol. The molecule has 0 aromatic heterocycles. The largest absolute Gasteiger partial charge is 0.0509 e. The average Bonchev–Trinajstić information content (AvgIpc) is 2.59. The highest BCUT2D eigenvalue weighted by Crippen LogP contribution is 2.41. The first-order valence-corrected chi connectivity index (χ1v) is 9.56. The molecule has 0 fully saturated rings. The molecule has 0 heterocycles. The van der Waals surface area contributed by atoms with Crippen LogP contribution in [0.1, 0.15) is 44.5 Å². The van der Waals surface area contributed by atoms with Crippen LogP contribution in [0.2, 0.25) is 0 Å². The Hall–Kier alpha value is -2.34. The summed E-state index contributed by atoms with van der Waals surface area (Å²) in [4.78, 5) is 0. The van der Waals surface area contributed by atoms with Crippen LogP contribution >= 0.6 is 0 Å². The lowest BCUT2D eigenvalue weighted by Gasteiger charge is -2.20. The normalized spacial score (nSPS) is 11.8. The molecule has 0 heteroatoms. The topological polar surface area (TPSA) is 0 Å². The second-order valence-electron chi connectivity index (χ2n) is 8.21. The van der Waals surface area contributed by atoms with Gasteiger partial charge >= 0.3 is 0 Å². The molecule has 0 N–H and O–H groups in total. The maximum absolute atomic E-state index is 2.38. The summed E-state index contributed by atoms with van der Waals surface area (Å²) in [5.74, 6) is 0. The monoisotopic (exact) mass is 340 g/mol. The van der Waals surface area contributed by atoms with Crippen molar-refractivity contribution in [1.82, 2.24) is 0 Å². The summed E-state index contributed by atoms with van der Waals surface area (Å²) in [5, 5.41) is 8.53. The first kappa shape index (κ1) is 17.1. The SMILES string of the molecule is Cc1cc2c(C)c3c(C)c4cc(C)c(C)cc4c(C)c3c(C)c2cc1C. The molecule has 0 amide bonds. The molecule has 26 heavy (non-hydrogen) atoms. The summed E-state index contributed by atoms with van der Waals surface area (Å²) in [6, 6.07) is 9.52. The molecule has 0 aliphatic heterocycles. The molecular formula is C26H28. The molecule has 0 unspecified atom stereocenters. The lowest BCUT2D eigenvalue weighted by molar-refractivity contribution is 1.34. The molecule has 0 radical (unpaired) electrons. The van der Waals surface area contributed by atoms with Gasteiger partial charge in [0.25, 0.3) is 0 Å². The Balaban J connectivity index is 2.37. The van der Waals surface area contributed by atoms with Gasteiger partial charge in [-0.15, -0.1) is 0 Å². The first-order valence-electron chi connectivity index (χ1n) is 9.56. The number of hydrogen-bond donors (Lipinski definition) is 0. The van der Waals surface area contributed by atoms with Gasteiger partial charge in [-0.2, -0.15) is 0 Å². The van der Waals surface area contributed by atoms with E-state index in [1.807, 2.05) is 0 Å². The molecule has 4 rings (SSSR count). The highest BCUT2D eigenvalue weighted by molar-refractivity contribution is 6.14. The van der Waals surface area contributed by atoms with Gasteiger partial charge in [-0.3, -0.25) is 0 Å². The van der Waals surface area contributed by atoms with Gasteiger partial charge in [-0.05, 0) is 132 Å².